The average Bonchev–Trinajstić information content (AvgIpc) is 3.03. The molecule has 0 radical (unpaired) electrons. The molecule has 1 unspecified atom stereocenters. The summed E-state index contributed by atoms with van der Waals surface area (Å²) in [4.78, 5) is 16.0. The molecule has 5 nitrogen and oxygen atoms in total. The Morgan fingerprint density at radius 1 is 1.23 bits per heavy atom. The molecule has 2 heterocycles. The Balaban J connectivity index is 1.48. The third-order valence-corrected chi connectivity index (χ3v) is 4.97. The van der Waals surface area contributed by atoms with Gasteiger partial charge < -0.3 is 4.98 Å². The van der Waals surface area contributed by atoms with E-state index in [9.17, 15) is 4.79 Å². The lowest BCUT2D eigenvalue weighted by molar-refractivity contribution is -0.123. The molecule has 0 saturated carbocycles. The number of benzene rings is 2. The van der Waals surface area contributed by atoms with E-state index in [0.717, 1.165) is 16.8 Å². The van der Waals surface area contributed by atoms with Crippen LogP contribution < -0.4 is 10.7 Å². The van der Waals surface area contributed by atoms with Gasteiger partial charge in [0.25, 0.3) is 5.91 Å². The minimum atomic E-state index is -0.320. The smallest absolute Gasteiger partial charge is 0.257 e. The molecule has 2 aromatic carbocycles. The molecular formula is C20H19ClN4O. The number of H-pyrrole nitrogens is 1. The minimum Gasteiger partial charge on any atom is -0.357 e. The molecular weight excluding hydrogens is 348 g/mol. The number of hydrogen-bond donors (Lipinski definition) is 3. The molecule has 1 amide bonds. The monoisotopic (exact) mass is 366 g/mol. The van der Waals surface area contributed by atoms with Gasteiger partial charge in [0.05, 0.1) is 12.3 Å². The zero-order valence-corrected chi connectivity index (χ0v) is 15.0. The normalized spacial score (nSPS) is 19.6. The van der Waals surface area contributed by atoms with Crippen LogP contribution in [0.25, 0.3) is 10.9 Å². The molecule has 0 spiro atoms. The van der Waals surface area contributed by atoms with Crippen LogP contribution in [-0.4, -0.2) is 23.1 Å². The lowest BCUT2D eigenvalue weighted by Crippen LogP contribution is -2.47. The number of hydrazone groups is 1. The standard InChI is InChI=1S/C20H19ClN4O/c1-12-19-16(15-4-2-3-5-17(15)24-19)10-18(23-12)20(26)25-22-11-13-6-8-14(21)9-7-13/h2-9,11-12,18,23-24H,10H2,1H3,(H,25,26)/b22-11+/t12?,18-/m0/s1. The molecule has 0 aliphatic carbocycles. The van der Waals surface area contributed by atoms with Crippen LogP contribution in [0.1, 0.15) is 29.8 Å². The number of hydrogen-bond acceptors (Lipinski definition) is 3. The maximum Gasteiger partial charge on any atom is 0.257 e. The summed E-state index contributed by atoms with van der Waals surface area (Å²) in [5, 5.41) is 9.26. The van der Waals surface area contributed by atoms with E-state index in [-0.39, 0.29) is 18.0 Å². The highest BCUT2D eigenvalue weighted by atomic mass is 35.5. The lowest BCUT2D eigenvalue weighted by atomic mass is 9.94. The molecule has 3 N–H and O–H groups in total. The summed E-state index contributed by atoms with van der Waals surface area (Å²) in [6.45, 7) is 2.06. The molecule has 3 aromatic rings. The van der Waals surface area contributed by atoms with E-state index in [1.807, 2.05) is 24.3 Å². The second-order valence-corrected chi connectivity index (χ2v) is 6.93. The van der Waals surface area contributed by atoms with Crippen LogP contribution in [-0.2, 0) is 11.2 Å². The van der Waals surface area contributed by atoms with Crippen molar-refractivity contribution in [2.24, 2.45) is 5.10 Å². The number of fused-ring (bicyclic) bond motifs is 3. The van der Waals surface area contributed by atoms with Gasteiger partial charge in [-0.2, -0.15) is 5.10 Å². The van der Waals surface area contributed by atoms with E-state index in [1.165, 1.54) is 10.9 Å². The van der Waals surface area contributed by atoms with Gasteiger partial charge in [-0.3, -0.25) is 10.1 Å². The predicted molar refractivity (Wildman–Crippen MR) is 105 cm³/mol. The van der Waals surface area contributed by atoms with Crippen LogP contribution in [0.3, 0.4) is 0 Å². The maximum absolute atomic E-state index is 12.5. The van der Waals surface area contributed by atoms with Crippen molar-refractivity contribution in [3.8, 4) is 0 Å². The SMILES string of the molecule is CC1N[C@H](C(=O)N/N=C/c2ccc(Cl)cc2)Cc2c1[nH]c1ccccc21. The van der Waals surface area contributed by atoms with Crippen molar-refractivity contribution in [1.29, 1.82) is 0 Å². The van der Waals surface area contributed by atoms with E-state index < -0.39 is 0 Å². The van der Waals surface area contributed by atoms with Gasteiger partial charge in [-0.25, -0.2) is 5.43 Å². The van der Waals surface area contributed by atoms with Gasteiger partial charge in [-0.15, -0.1) is 0 Å². The summed E-state index contributed by atoms with van der Waals surface area (Å²) in [7, 11) is 0. The number of nitrogens with one attached hydrogen (secondary N) is 3. The Labute approximate surface area is 156 Å². The number of nitrogens with zero attached hydrogens (tertiary/aromatic N) is 1. The van der Waals surface area contributed by atoms with Crippen molar-refractivity contribution < 1.29 is 4.79 Å². The Kier molecular flexibility index (Phi) is 4.49. The third-order valence-electron chi connectivity index (χ3n) is 4.71. The fourth-order valence-electron chi connectivity index (χ4n) is 3.42. The highest BCUT2D eigenvalue weighted by Gasteiger charge is 2.30. The number of carbonyl (C=O) groups excluding carboxylic acids is 1. The Hall–Kier alpha value is -2.63. The highest BCUT2D eigenvalue weighted by Crippen LogP contribution is 2.31. The molecule has 1 aliphatic rings. The summed E-state index contributed by atoms with van der Waals surface area (Å²) in [6.07, 6.45) is 2.24. The van der Waals surface area contributed by atoms with Gasteiger partial charge >= 0.3 is 0 Å². The number of aromatic nitrogens is 1. The number of rotatable bonds is 3. The van der Waals surface area contributed by atoms with E-state index in [0.29, 0.717) is 11.4 Å². The first-order valence-electron chi connectivity index (χ1n) is 8.56. The van der Waals surface area contributed by atoms with E-state index in [4.69, 9.17) is 11.6 Å². The Bertz CT molecular complexity index is 977. The van der Waals surface area contributed by atoms with Gasteiger partial charge in [0.15, 0.2) is 0 Å². The molecule has 1 aromatic heterocycles. The number of aromatic amines is 1. The zero-order chi connectivity index (χ0) is 18.1. The molecule has 26 heavy (non-hydrogen) atoms. The molecule has 132 valence electrons. The van der Waals surface area contributed by atoms with Crippen LogP contribution in [0, 0.1) is 0 Å². The number of halogens is 1. The van der Waals surface area contributed by atoms with Crippen molar-refractivity contribution in [1.82, 2.24) is 15.7 Å². The minimum absolute atomic E-state index is 0.0714. The third kappa shape index (κ3) is 3.23. The first-order chi connectivity index (χ1) is 12.6. The van der Waals surface area contributed by atoms with E-state index in [2.05, 4.69) is 39.9 Å². The summed E-state index contributed by atoms with van der Waals surface area (Å²) in [5.74, 6) is -0.141. The second-order valence-electron chi connectivity index (χ2n) is 6.49. The quantitative estimate of drug-likeness (QED) is 0.490. The van der Waals surface area contributed by atoms with Crippen LogP contribution in [0.5, 0.6) is 0 Å². The summed E-state index contributed by atoms with van der Waals surface area (Å²) >= 11 is 5.86. The van der Waals surface area contributed by atoms with E-state index >= 15 is 0 Å². The first kappa shape index (κ1) is 16.8. The van der Waals surface area contributed by atoms with Crippen molar-refractivity contribution in [2.75, 3.05) is 0 Å². The Morgan fingerprint density at radius 3 is 2.81 bits per heavy atom. The molecule has 6 heteroatoms. The average molecular weight is 367 g/mol. The van der Waals surface area contributed by atoms with Gasteiger partial charge in [0.2, 0.25) is 0 Å². The summed E-state index contributed by atoms with van der Waals surface area (Å²) in [6, 6.07) is 15.2. The topological polar surface area (TPSA) is 69.3 Å². The molecule has 0 saturated heterocycles. The second kappa shape index (κ2) is 6.94. The van der Waals surface area contributed by atoms with Crippen LogP contribution in [0.15, 0.2) is 53.6 Å². The first-order valence-corrected chi connectivity index (χ1v) is 8.93. The largest absolute Gasteiger partial charge is 0.357 e. The molecule has 0 bridgehead atoms. The van der Waals surface area contributed by atoms with Crippen molar-refractivity contribution in [2.45, 2.75) is 25.4 Å². The Morgan fingerprint density at radius 2 is 2.00 bits per heavy atom. The van der Waals surface area contributed by atoms with Crippen molar-refractivity contribution in [3.63, 3.8) is 0 Å². The molecule has 0 fully saturated rings. The van der Waals surface area contributed by atoms with Gasteiger partial charge in [0.1, 0.15) is 0 Å². The molecule has 4 rings (SSSR count). The number of carbonyl (C=O) groups is 1. The van der Waals surface area contributed by atoms with E-state index in [1.54, 1.807) is 18.3 Å². The van der Waals surface area contributed by atoms with Crippen LogP contribution in [0.2, 0.25) is 5.02 Å². The zero-order valence-electron chi connectivity index (χ0n) is 14.3. The van der Waals surface area contributed by atoms with Crippen LogP contribution in [0.4, 0.5) is 0 Å². The fourth-order valence-corrected chi connectivity index (χ4v) is 3.55. The van der Waals surface area contributed by atoms with Crippen molar-refractivity contribution in [3.05, 3.63) is 70.4 Å². The van der Waals surface area contributed by atoms with Gasteiger partial charge in [0, 0.05) is 27.7 Å². The maximum atomic E-state index is 12.5. The van der Waals surface area contributed by atoms with Crippen molar-refractivity contribution >= 4 is 34.6 Å². The predicted octanol–water partition coefficient (Wildman–Crippen LogP) is 3.55. The highest BCUT2D eigenvalue weighted by molar-refractivity contribution is 6.30. The number of amides is 1. The summed E-state index contributed by atoms with van der Waals surface area (Å²) in [5.41, 5.74) is 6.97. The lowest BCUT2D eigenvalue weighted by Gasteiger charge is -2.27. The van der Waals surface area contributed by atoms with Gasteiger partial charge in [-0.05, 0) is 42.7 Å². The molecule has 2 atom stereocenters. The van der Waals surface area contributed by atoms with Crippen LogP contribution >= 0.6 is 11.6 Å². The summed E-state index contributed by atoms with van der Waals surface area (Å²) < 4.78 is 0. The number of para-hydroxylation sites is 1. The molecule has 1 aliphatic heterocycles. The van der Waals surface area contributed by atoms with Gasteiger partial charge in [-0.1, -0.05) is 41.9 Å². The fraction of sp³-hybridized carbons (Fsp3) is 0.200.